The van der Waals surface area contributed by atoms with E-state index in [1.54, 1.807) is 6.20 Å². The van der Waals surface area contributed by atoms with Crippen molar-refractivity contribution in [2.45, 2.75) is 26.0 Å². The van der Waals surface area contributed by atoms with Crippen LogP contribution in [0.15, 0.2) is 66.9 Å². The van der Waals surface area contributed by atoms with Gasteiger partial charge < -0.3 is 14.8 Å². The molecule has 1 amide bonds. The number of ether oxygens (including phenoxy) is 2. The Morgan fingerprint density at radius 3 is 2.24 bits per heavy atom. The number of aromatic nitrogens is 2. The number of rotatable bonds is 7. The van der Waals surface area contributed by atoms with Gasteiger partial charge in [0.1, 0.15) is 0 Å². The number of carbonyl (C=O) groups excluding carboxylic acids is 2. The number of carbonyl (C=O) groups is 2. The van der Waals surface area contributed by atoms with Crippen molar-refractivity contribution in [2.75, 3.05) is 7.11 Å². The molecule has 2 unspecified atom stereocenters. The van der Waals surface area contributed by atoms with Crippen LogP contribution in [0, 0.1) is 0 Å². The summed E-state index contributed by atoms with van der Waals surface area (Å²) < 4.78 is 12.1. The SMILES string of the molecule is COc1cn(-c2ccccc2)nc1C(=O)OC(C)C(=O)NC(C)c1ccccc1. The molecule has 3 aromatic rings. The molecule has 0 aliphatic carbocycles. The molecule has 2 aromatic carbocycles. The lowest BCUT2D eigenvalue weighted by Gasteiger charge is -2.18. The molecule has 0 aliphatic rings. The second-order valence-electron chi connectivity index (χ2n) is 6.51. The number of hydrogen-bond donors (Lipinski definition) is 1. The minimum absolute atomic E-state index is 0.00658. The summed E-state index contributed by atoms with van der Waals surface area (Å²) >= 11 is 0. The summed E-state index contributed by atoms with van der Waals surface area (Å²) in [7, 11) is 1.45. The van der Waals surface area contributed by atoms with Gasteiger partial charge in [0.25, 0.3) is 5.91 Å². The first kappa shape index (κ1) is 20.1. The van der Waals surface area contributed by atoms with Crippen molar-refractivity contribution >= 4 is 11.9 Å². The summed E-state index contributed by atoms with van der Waals surface area (Å²) in [5.41, 5.74) is 1.74. The van der Waals surface area contributed by atoms with E-state index in [2.05, 4.69) is 10.4 Å². The molecule has 0 bridgehead atoms. The fourth-order valence-electron chi connectivity index (χ4n) is 2.79. The molecule has 0 fully saturated rings. The van der Waals surface area contributed by atoms with E-state index in [1.807, 2.05) is 67.6 Å². The van der Waals surface area contributed by atoms with E-state index >= 15 is 0 Å². The summed E-state index contributed by atoms with van der Waals surface area (Å²) in [6.07, 6.45) is 0.606. The van der Waals surface area contributed by atoms with Crippen molar-refractivity contribution in [1.82, 2.24) is 15.1 Å². The normalized spacial score (nSPS) is 12.7. The molecule has 7 heteroatoms. The summed E-state index contributed by atoms with van der Waals surface area (Å²) in [6.45, 7) is 3.39. The largest absolute Gasteiger partial charge is 0.493 e. The topological polar surface area (TPSA) is 82.5 Å². The zero-order valence-electron chi connectivity index (χ0n) is 16.5. The number of para-hydroxylation sites is 1. The van der Waals surface area contributed by atoms with Gasteiger partial charge in [-0.3, -0.25) is 4.79 Å². The van der Waals surface area contributed by atoms with Crippen molar-refractivity contribution in [1.29, 1.82) is 0 Å². The number of methoxy groups -OCH3 is 1. The van der Waals surface area contributed by atoms with Crippen LogP contribution in [0.4, 0.5) is 0 Å². The zero-order valence-corrected chi connectivity index (χ0v) is 16.5. The van der Waals surface area contributed by atoms with Crippen LogP contribution < -0.4 is 10.1 Å². The van der Waals surface area contributed by atoms with Crippen LogP contribution in [0.1, 0.15) is 35.9 Å². The monoisotopic (exact) mass is 393 g/mol. The van der Waals surface area contributed by atoms with Crippen LogP contribution in [0.2, 0.25) is 0 Å². The molecule has 0 saturated heterocycles. The number of amides is 1. The van der Waals surface area contributed by atoms with Crippen molar-refractivity contribution in [3.8, 4) is 11.4 Å². The Kier molecular flexibility index (Phi) is 6.29. The lowest BCUT2D eigenvalue weighted by molar-refractivity contribution is -0.129. The third-order valence-corrected chi connectivity index (χ3v) is 4.43. The minimum Gasteiger partial charge on any atom is -0.493 e. The van der Waals surface area contributed by atoms with Crippen LogP contribution >= 0.6 is 0 Å². The smallest absolute Gasteiger partial charge is 0.363 e. The second-order valence-corrected chi connectivity index (χ2v) is 6.51. The van der Waals surface area contributed by atoms with Gasteiger partial charge in [0.15, 0.2) is 11.9 Å². The summed E-state index contributed by atoms with van der Waals surface area (Å²) in [4.78, 5) is 25.0. The average molecular weight is 393 g/mol. The molecule has 29 heavy (non-hydrogen) atoms. The van der Waals surface area contributed by atoms with Crippen LogP contribution in [0.5, 0.6) is 5.75 Å². The first-order valence-corrected chi connectivity index (χ1v) is 9.25. The van der Waals surface area contributed by atoms with E-state index in [9.17, 15) is 9.59 Å². The summed E-state index contributed by atoms with van der Waals surface area (Å²) in [5.74, 6) is -0.855. The molecule has 1 heterocycles. The van der Waals surface area contributed by atoms with Gasteiger partial charge in [-0.1, -0.05) is 48.5 Å². The number of benzene rings is 2. The van der Waals surface area contributed by atoms with Crippen molar-refractivity contribution in [3.05, 3.63) is 78.1 Å². The molecular weight excluding hydrogens is 370 g/mol. The number of nitrogens with zero attached hydrogens (tertiary/aromatic N) is 2. The van der Waals surface area contributed by atoms with Crippen LogP contribution in [0.25, 0.3) is 5.69 Å². The molecule has 1 aromatic heterocycles. The molecule has 7 nitrogen and oxygen atoms in total. The quantitative estimate of drug-likeness (QED) is 0.623. The van der Waals surface area contributed by atoms with Gasteiger partial charge in [-0.2, -0.15) is 5.10 Å². The van der Waals surface area contributed by atoms with Crippen molar-refractivity contribution in [3.63, 3.8) is 0 Å². The zero-order chi connectivity index (χ0) is 20.8. The Morgan fingerprint density at radius 1 is 1.00 bits per heavy atom. The van der Waals surface area contributed by atoms with Crippen LogP contribution in [0.3, 0.4) is 0 Å². The van der Waals surface area contributed by atoms with Crippen molar-refractivity contribution < 1.29 is 19.1 Å². The molecule has 0 spiro atoms. The Labute approximate surface area is 169 Å². The van der Waals surface area contributed by atoms with Gasteiger partial charge in [-0.05, 0) is 31.5 Å². The molecule has 1 N–H and O–H groups in total. The third-order valence-electron chi connectivity index (χ3n) is 4.43. The lowest BCUT2D eigenvalue weighted by Crippen LogP contribution is -2.37. The Balaban J connectivity index is 1.67. The summed E-state index contributed by atoms with van der Waals surface area (Å²) in [5, 5.41) is 7.10. The van der Waals surface area contributed by atoms with Gasteiger partial charge >= 0.3 is 5.97 Å². The van der Waals surface area contributed by atoms with Crippen molar-refractivity contribution in [2.24, 2.45) is 0 Å². The third kappa shape index (κ3) is 4.82. The lowest BCUT2D eigenvalue weighted by atomic mass is 10.1. The van der Waals surface area contributed by atoms with Gasteiger partial charge in [0.05, 0.1) is 25.0 Å². The fraction of sp³-hybridized carbons (Fsp3) is 0.227. The van der Waals surface area contributed by atoms with E-state index < -0.39 is 18.0 Å². The van der Waals surface area contributed by atoms with E-state index in [4.69, 9.17) is 9.47 Å². The minimum atomic E-state index is -0.986. The highest BCUT2D eigenvalue weighted by molar-refractivity contribution is 5.93. The maximum Gasteiger partial charge on any atom is 0.363 e. The molecular formula is C22H23N3O4. The first-order chi connectivity index (χ1) is 14.0. The average Bonchev–Trinajstić information content (AvgIpc) is 3.19. The molecule has 0 aliphatic heterocycles. The van der Waals surface area contributed by atoms with E-state index in [0.29, 0.717) is 0 Å². The maximum absolute atomic E-state index is 12.6. The molecule has 2 atom stereocenters. The van der Waals surface area contributed by atoms with Crippen LogP contribution in [-0.4, -0.2) is 34.9 Å². The highest BCUT2D eigenvalue weighted by Crippen LogP contribution is 2.21. The Bertz CT molecular complexity index is 970. The highest BCUT2D eigenvalue weighted by Gasteiger charge is 2.25. The van der Waals surface area contributed by atoms with E-state index in [-0.39, 0.29) is 17.5 Å². The maximum atomic E-state index is 12.6. The number of hydrogen-bond acceptors (Lipinski definition) is 5. The van der Waals surface area contributed by atoms with E-state index in [1.165, 1.54) is 18.7 Å². The second kappa shape index (κ2) is 9.05. The van der Waals surface area contributed by atoms with E-state index in [0.717, 1.165) is 11.3 Å². The fourth-order valence-corrected chi connectivity index (χ4v) is 2.79. The summed E-state index contributed by atoms with van der Waals surface area (Å²) in [6, 6.07) is 18.6. The molecule has 3 rings (SSSR count). The van der Waals surface area contributed by atoms with Gasteiger partial charge in [-0.25, -0.2) is 9.48 Å². The standard InChI is InChI=1S/C22H23N3O4/c1-15(17-10-6-4-7-11-17)23-21(26)16(2)29-22(27)20-19(28-3)14-25(24-20)18-12-8-5-9-13-18/h4-16H,1-3H3,(H,23,26). The highest BCUT2D eigenvalue weighted by atomic mass is 16.6. The van der Waals surface area contributed by atoms with Gasteiger partial charge in [-0.15, -0.1) is 0 Å². The van der Waals surface area contributed by atoms with Gasteiger partial charge in [0.2, 0.25) is 5.69 Å². The molecule has 0 radical (unpaired) electrons. The van der Waals surface area contributed by atoms with Gasteiger partial charge in [0, 0.05) is 0 Å². The Morgan fingerprint density at radius 2 is 1.62 bits per heavy atom. The van der Waals surface area contributed by atoms with Crippen LogP contribution in [-0.2, 0) is 9.53 Å². The molecule has 0 saturated carbocycles. The predicted molar refractivity (Wildman–Crippen MR) is 108 cm³/mol. The molecule has 150 valence electrons. The first-order valence-electron chi connectivity index (χ1n) is 9.25. The number of nitrogens with one attached hydrogen (secondary N) is 1. The number of esters is 1. The predicted octanol–water partition coefficient (Wildman–Crippen LogP) is 3.30. The Hall–Kier alpha value is -3.61.